The molecule has 0 unspecified atom stereocenters. The minimum atomic E-state index is -1.23. The van der Waals surface area contributed by atoms with Gasteiger partial charge >= 0.3 is 5.69 Å². The number of hydrogen-bond acceptors (Lipinski definition) is 7. The molecule has 1 aromatic carbocycles. The van der Waals surface area contributed by atoms with E-state index in [9.17, 15) is 19.8 Å². The average molecular weight is 359 g/mol. The third kappa shape index (κ3) is 2.61. The van der Waals surface area contributed by atoms with E-state index in [-0.39, 0.29) is 18.3 Å². The largest absolute Gasteiger partial charge is 0.393 e. The van der Waals surface area contributed by atoms with Gasteiger partial charge in [-0.05, 0) is 18.2 Å². The Kier molecular flexibility index (Phi) is 4.08. The molecule has 4 atom stereocenters. The standard InChI is InChI=1S/C17H17N3O6/c21-8-17-9-25-12(13(17)22)15(26-17)20-7-6-11(19-16(20)24)18-14(23)10-4-2-1-3-5-10/h1-7,12-13,15,21-22H,8-9H2,(H,18,19,23,24)/t12-,13+,15-,17+/m1/s1. The molecule has 0 aliphatic carbocycles. The lowest BCUT2D eigenvalue weighted by atomic mass is 10.0. The molecule has 9 nitrogen and oxygen atoms in total. The summed E-state index contributed by atoms with van der Waals surface area (Å²) < 4.78 is 12.3. The molecule has 0 saturated carbocycles. The molecule has 2 bridgehead atoms. The molecule has 2 aliphatic rings. The van der Waals surface area contributed by atoms with E-state index in [4.69, 9.17) is 9.47 Å². The predicted octanol–water partition coefficient (Wildman–Crippen LogP) is -0.485. The number of aromatic nitrogens is 2. The van der Waals surface area contributed by atoms with Crippen LogP contribution in [0.1, 0.15) is 16.6 Å². The number of ether oxygens (including phenoxy) is 2. The Hall–Kier alpha value is -2.59. The van der Waals surface area contributed by atoms with Crippen LogP contribution in [0.25, 0.3) is 0 Å². The van der Waals surface area contributed by atoms with Gasteiger partial charge in [-0.2, -0.15) is 4.98 Å². The van der Waals surface area contributed by atoms with Crippen molar-refractivity contribution in [3.05, 3.63) is 58.6 Å². The maximum Gasteiger partial charge on any atom is 0.351 e. The molecule has 0 spiro atoms. The van der Waals surface area contributed by atoms with Crippen molar-refractivity contribution in [2.24, 2.45) is 0 Å². The average Bonchev–Trinajstić information content (AvgIpc) is 3.13. The Morgan fingerprint density at radius 1 is 1.35 bits per heavy atom. The summed E-state index contributed by atoms with van der Waals surface area (Å²) in [6.07, 6.45) is -1.30. The number of amides is 1. The molecule has 1 aromatic heterocycles. The first-order valence-electron chi connectivity index (χ1n) is 8.08. The zero-order chi connectivity index (χ0) is 18.3. The maximum atomic E-state index is 12.3. The molecule has 3 heterocycles. The topological polar surface area (TPSA) is 123 Å². The van der Waals surface area contributed by atoms with E-state index in [1.54, 1.807) is 30.3 Å². The molecule has 26 heavy (non-hydrogen) atoms. The van der Waals surface area contributed by atoms with Crippen LogP contribution in [-0.4, -0.2) is 56.7 Å². The molecular weight excluding hydrogens is 342 g/mol. The van der Waals surface area contributed by atoms with E-state index in [2.05, 4.69) is 10.3 Å². The van der Waals surface area contributed by atoms with Gasteiger partial charge in [-0.25, -0.2) is 4.79 Å². The predicted molar refractivity (Wildman–Crippen MR) is 88.6 cm³/mol. The van der Waals surface area contributed by atoms with E-state index in [1.165, 1.54) is 16.8 Å². The molecule has 0 radical (unpaired) electrons. The molecular formula is C17H17N3O6. The molecule has 2 aliphatic heterocycles. The first kappa shape index (κ1) is 16.9. The monoisotopic (exact) mass is 359 g/mol. The summed E-state index contributed by atoms with van der Waals surface area (Å²) in [6.45, 7) is -0.367. The summed E-state index contributed by atoms with van der Waals surface area (Å²) in [5.41, 5.74) is -1.46. The summed E-state index contributed by atoms with van der Waals surface area (Å²) in [4.78, 5) is 28.3. The van der Waals surface area contributed by atoms with Crippen molar-refractivity contribution < 1.29 is 24.5 Å². The number of benzene rings is 1. The van der Waals surface area contributed by atoms with Crippen LogP contribution in [0.2, 0.25) is 0 Å². The van der Waals surface area contributed by atoms with Gasteiger partial charge < -0.3 is 25.0 Å². The smallest absolute Gasteiger partial charge is 0.351 e. The SMILES string of the molecule is O=C(Nc1ccn([C@@H]2O[C@@]3(CO)CO[C@@H]2[C@@H]3O)c(=O)n1)c1ccccc1. The molecule has 4 rings (SSSR count). The highest BCUT2D eigenvalue weighted by atomic mass is 16.7. The van der Waals surface area contributed by atoms with Crippen molar-refractivity contribution in [1.82, 2.24) is 9.55 Å². The van der Waals surface area contributed by atoms with Gasteiger partial charge in [0.15, 0.2) is 6.23 Å². The van der Waals surface area contributed by atoms with Crippen molar-refractivity contribution in [3.8, 4) is 0 Å². The van der Waals surface area contributed by atoms with E-state index in [0.29, 0.717) is 5.56 Å². The number of nitrogens with one attached hydrogen (secondary N) is 1. The number of aliphatic hydroxyl groups excluding tert-OH is 2. The summed E-state index contributed by atoms with van der Waals surface area (Å²) in [5, 5.41) is 22.2. The normalized spacial score (nSPS) is 29.7. The third-order valence-corrected chi connectivity index (χ3v) is 4.66. The van der Waals surface area contributed by atoms with Gasteiger partial charge in [0.1, 0.15) is 23.6 Å². The van der Waals surface area contributed by atoms with E-state index in [0.717, 1.165) is 0 Å². The second-order valence-corrected chi connectivity index (χ2v) is 6.27. The number of anilines is 1. The van der Waals surface area contributed by atoms with Gasteiger partial charge in [-0.1, -0.05) is 18.2 Å². The van der Waals surface area contributed by atoms with Crippen LogP contribution < -0.4 is 11.0 Å². The highest BCUT2D eigenvalue weighted by Crippen LogP contribution is 2.44. The van der Waals surface area contributed by atoms with Gasteiger partial charge in [0.25, 0.3) is 5.91 Å². The van der Waals surface area contributed by atoms with E-state index >= 15 is 0 Å². The second-order valence-electron chi connectivity index (χ2n) is 6.27. The zero-order valence-corrected chi connectivity index (χ0v) is 13.6. The third-order valence-electron chi connectivity index (χ3n) is 4.66. The van der Waals surface area contributed by atoms with Crippen molar-refractivity contribution in [1.29, 1.82) is 0 Å². The quantitative estimate of drug-likeness (QED) is 0.673. The Morgan fingerprint density at radius 3 is 2.77 bits per heavy atom. The molecule has 9 heteroatoms. The van der Waals surface area contributed by atoms with Crippen LogP contribution >= 0.6 is 0 Å². The Balaban J connectivity index is 1.54. The number of hydrogen-bond donors (Lipinski definition) is 3. The molecule has 136 valence electrons. The summed E-state index contributed by atoms with van der Waals surface area (Å²) >= 11 is 0. The number of aliphatic hydroxyl groups is 2. The number of carbonyl (C=O) groups is 1. The van der Waals surface area contributed by atoms with Crippen LogP contribution in [0.3, 0.4) is 0 Å². The highest BCUT2D eigenvalue weighted by molar-refractivity contribution is 6.03. The first-order chi connectivity index (χ1) is 12.5. The number of nitrogens with zero attached hydrogens (tertiary/aromatic N) is 2. The first-order valence-corrected chi connectivity index (χ1v) is 8.08. The van der Waals surface area contributed by atoms with E-state index < -0.39 is 36.3 Å². The van der Waals surface area contributed by atoms with Crippen LogP contribution in [0.15, 0.2) is 47.4 Å². The van der Waals surface area contributed by atoms with Crippen molar-refractivity contribution in [2.75, 3.05) is 18.5 Å². The van der Waals surface area contributed by atoms with Crippen LogP contribution in [0.4, 0.5) is 5.82 Å². The van der Waals surface area contributed by atoms with Crippen LogP contribution in [-0.2, 0) is 9.47 Å². The Labute approximate surface area is 147 Å². The number of rotatable bonds is 4. The molecule has 2 fully saturated rings. The molecule has 3 N–H and O–H groups in total. The summed E-state index contributed by atoms with van der Waals surface area (Å²) in [6, 6.07) is 10.0. The van der Waals surface area contributed by atoms with Crippen LogP contribution in [0.5, 0.6) is 0 Å². The molecule has 2 saturated heterocycles. The molecule has 2 aromatic rings. The fourth-order valence-corrected chi connectivity index (χ4v) is 3.21. The number of fused-ring (bicyclic) bond motifs is 2. The lowest BCUT2D eigenvalue weighted by molar-refractivity contribution is -0.187. The fourth-order valence-electron chi connectivity index (χ4n) is 3.21. The minimum Gasteiger partial charge on any atom is -0.393 e. The highest BCUT2D eigenvalue weighted by Gasteiger charge is 2.61. The maximum absolute atomic E-state index is 12.3. The van der Waals surface area contributed by atoms with Gasteiger partial charge in [0.05, 0.1) is 13.2 Å². The van der Waals surface area contributed by atoms with Gasteiger partial charge in [0, 0.05) is 11.8 Å². The van der Waals surface area contributed by atoms with Crippen molar-refractivity contribution in [2.45, 2.75) is 24.0 Å². The summed E-state index contributed by atoms with van der Waals surface area (Å²) in [7, 11) is 0. The Morgan fingerprint density at radius 2 is 2.12 bits per heavy atom. The van der Waals surface area contributed by atoms with Crippen LogP contribution in [0, 0.1) is 0 Å². The zero-order valence-electron chi connectivity index (χ0n) is 13.6. The van der Waals surface area contributed by atoms with Crippen molar-refractivity contribution >= 4 is 11.7 Å². The lowest BCUT2D eigenvalue weighted by Gasteiger charge is -2.29. The fraction of sp³-hybridized carbons (Fsp3) is 0.353. The summed E-state index contributed by atoms with van der Waals surface area (Å²) in [5.74, 6) is -0.286. The minimum absolute atomic E-state index is 0.0548. The van der Waals surface area contributed by atoms with Gasteiger partial charge in [0.2, 0.25) is 0 Å². The lowest BCUT2D eigenvalue weighted by Crippen LogP contribution is -2.44. The molecule has 1 amide bonds. The van der Waals surface area contributed by atoms with E-state index in [1.807, 2.05) is 0 Å². The van der Waals surface area contributed by atoms with Gasteiger partial charge in [-0.15, -0.1) is 0 Å². The Bertz CT molecular complexity index is 886. The second kappa shape index (κ2) is 6.29. The van der Waals surface area contributed by atoms with Crippen molar-refractivity contribution in [3.63, 3.8) is 0 Å². The number of carbonyl (C=O) groups excluding carboxylic acids is 1. The van der Waals surface area contributed by atoms with Gasteiger partial charge in [-0.3, -0.25) is 9.36 Å².